The average Bonchev–Trinajstić information content (AvgIpc) is 2.29. The Bertz CT molecular complexity index is 152. The molecule has 4 heteroatoms. The summed E-state index contributed by atoms with van der Waals surface area (Å²) < 4.78 is 5.67. The number of thioether (sulfide) groups is 2. The molecule has 1 rings (SSSR count). The van der Waals surface area contributed by atoms with Crippen molar-refractivity contribution in [2.75, 3.05) is 37.0 Å². The van der Waals surface area contributed by atoms with E-state index in [2.05, 4.69) is 42.7 Å². The first-order valence-electron chi connectivity index (χ1n) is 5.89. The van der Waals surface area contributed by atoms with E-state index in [0.717, 1.165) is 31.4 Å². The number of hydrogen-bond acceptors (Lipinski definition) is 4. The van der Waals surface area contributed by atoms with Crippen molar-refractivity contribution in [3.05, 3.63) is 0 Å². The normalized spacial score (nSPS) is 24.0. The molecule has 0 aromatic carbocycles. The fourth-order valence-corrected chi connectivity index (χ4v) is 4.52. The zero-order valence-electron chi connectivity index (χ0n) is 9.83. The first-order valence-corrected chi connectivity index (χ1v) is 8.09. The molecule has 2 unspecified atom stereocenters. The van der Waals surface area contributed by atoms with E-state index in [-0.39, 0.29) is 0 Å². The van der Waals surface area contributed by atoms with Gasteiger partial charge in [-0.3, -0.25) is 0 Å². The third kappa shape index (κ3) is 5.48. The second-order valence-electron chi connectivity index (χ2n) is 3.72. The van der Waals surface area contributed by atoms with Crippen molar-refractivity contribution in [2.24, 2.45) is 0 Å². The summed E-state index contributed by atoms with van der Waals surface area (Å²) in [6, 6.07) is 0.541. The molecular weight excluding hydrogens is 226 g/mol. The van der Waals surface area contributed by atoms with Gasteiger partial charge in [-0.15, -0.1) is 0 Å². The van der Waals surface area contributed by atoms with Gasteiger partial charge in [0.1, 0.15) is 0 Å². The summed E-state index contributed by atoms with van der Waals surface area (Å²) in [7, 11) is 0. The van der Waals surface area contributed by atoms with Crippen LogP contribution in [0.25, 0.3) is 0 Å². The Morgan fingerprint density at radius 3 is 2.87 bits per heavy atom. The quantitative estimate of drug-likeness (QED) is 0.698. The van der Waals surface area contributed by atoms with Crippen LogP contribution in [0.15, 0.2) is 0 Å². The molecule has 2 nitrogen and oxygen atoms in total. The first kappa shape index (κ1) is 13.7. The van der Waals surface area contributed by atoms with Crippen molar-refractivity contribution in [2.45, 2.75) is 31.6 Å². The molecule has 0 aromatic heterocycles. The van der Waals surface area contributed by atoms with Crippen LogP contribution in [0, 0.1) is 0 Å². The SMILES string of the molecule is CCCOCC(NCC)C1CSCCS1. The number of hydrogen-bond donors (Lipinski definition) is 1. The second-order valence-corrected chi connectivity index (χ2v) is 6.22. The summed E-state index contributed by atoms with van der Waals surface area (Å²) in [4.78, 5) is 0. The van der Waals surface area contributed by atoms with E-state index in [4.69, 9.17) is 4.74 Å². The van der Waals surface area contributed by atoms with Crippen LogP contribution in [-0.4, -0.2) is 48.3 Å². The lowest BCUT2D eigenvalue weighted by molar-refractivity contribution is 0.113. The van der Waals surface area contributed by atoms with Crippen LogP contribution in [0.5, 0.6) is 0 Å². The Morgan fingerprint density at radius 2 is 2.27 bits per heavy atom. The van der Waals surface area contributed by atoms with Gasteiger partial charge < -0.3 is 10.1 Å². The van der Waals surface area contributed by atoms with E-state index in [9.17, 15) is 0 Å². The van der Waals surface area contributed by atoms with Crippen LogP contribution in [-0.2, 0) is 4.74 Å². The first-order chi connectivity index (χ1) is 7.38. The van der Waals surface area contributed by atoms with E-state index in [1.54, 1.807) is 0 Å². The van der Waals surface area contributed by atoms with Gasteiger partial charge >= 0.3 is 0 Å². The molecule has 0 saturated carbocycles. The molecule has 1 fully saturated rings. The Morgan fingerprint density at radius 1 is 1.40 bits per heavy atom. The largest absolute Gasteiger partial charge is 0.380 e. The Hall–Kier alpha value is 0.620. The molecule has 1 heterocycles. The smallest absolute Gasteiger partial charge is 0.0630 e. The van der Waals surface area contributed by atoms with E-state index in [1.807, 2.05) is 0 Å². The second kappa shape index (κ2) is 8.74. The van der Waals surface area contributed by atoms with Gasteiger partial charge in [0.25, 0.3) is 0 Å². The molecule has 0 aliphatic carbocycles. The van der Waals surface area contributed by atoms with Crippen molar-refractivity contribution in [1.29, 1.82) is 0 Å². The predicted octanol–water partition coefficient (Wildman–Crippen LogP) is 2.24. The third-order valence-corrected chi connectivity index (χ3v) is 5.32. The molecule has 1 saturated heterocycles. The fraction of sp³-hybridized carbons (Fsp3) is 1.00. The minimum absolute atomic E-state index is 0.541. The van der Waals surface area contributed by atoms with Crippen LogP contribution in [0.4, 0.5) is 0 Å². The number of ether oxygens (including phenoxy) is 1. The van der Waals surface area contributed by atoms with E-state index in [0.29, 0.717) is 6.04 Å². The van der Waals surface area contributed by atoms with Crippen molar-refractivity contribution in [3.63, 3.8) is 0 Å². The molecule has 0 spiro atoms. The minimum atomic E-state index is 0.541. The molecule has 15 heavy (non-hydrogen) atoms. The van der Waals surface area contributed by atoms with Gasteiger partial charge in [0.05, 0.1) is 6.61 Å². The molecule has 0 aromatic rings. The van der Waals surface area contributed by atoms with Gasteiger partial charge in [-0.25, -0.2) is 0 Å². The van der Waals surface area contributed by atoms with Gasteiger partial charge in [0, 0.05) is 35.2 Å². The highest BCUT2D eigenvalue weighted by Crippen LogP contribution is 2.26. The van der Waals surface area contributed by atoms with Gasteiger partial charge in [-0.1, -0.05) is 13.8 Å². The standard InChI is InChI=1S/C11H23NOS2/c1-3-5-13-8-10(12-4-2)11-9-14-6-7-15-11/h10-12H,3-9H2,1-2H3. The maximum absolute atomic E-state index is 5.67. The summed E-state index contributed by atoms with van der Waals surface area (Å²) in [5, 5.41) is 4.29. The summed E-state index contributed by atoms with van der Waals surface area (Å²) in [6.07, 6.45) is 1.12. The Kier molecular flexibility index (Phi) is 7.97. The van der Waals surface area contributed by atoms with Gasteiger partial charge in [0.2, 0.25) is 0 Å². The van der Waals surface area contributed by atoms with Crippen LogP contribution in [0.1, 0.15) is 20.3 Å². The number of likely N-dealkylation sites (N-methyl/N-ethyl adjacent to an activating group) is 1. The highest BCUT2D eigenvalue weighted by molar-refractivity contribution is 8.06. The van der Waals surface area contributed by atoms with Crippen LogP contribution < -0.4 is 5.32 Å². The van der Waals surface area contributed by atoms with E-state index < -0.39 is 0 Å². The molecule has 2 atom stereocenters. The summed E-state index contributed by atoms with van der Waals surface area (Å²) in [5.74, 6) is 3.89. The van der Waals surface area contributed by atoms with Gasteiger partial charge in [0.15, 0.2) is 0 Å². The molecule has 1 aliphatic rings. The molecule has 0 amide bonds. The average molecular weight is 249 g/mol. The van der Waals surface area contributed by atoms with Crippen LogP contribution in [0.2, 0.25) is 0 Å². The zero-order valence-corrected chi connectivity index (χ0v) is 11.5. The molecule has 1 N–H and O–H groups in total. The summed E-state index contributed by atoms with van der Waals surface area (Å²) in [6.45, 7) is 7.15. The third-order valence-electron chi connectivity index (χ3n) is 2.40. The lowest BCUT2D eigenvalue weighted by atomic mass is 10.2. The molecular formula is C11H23NOS2. The predicted molar refractivity (Wildman–Crippen MR) is 72.1 cm³/mol. The minimum Gasteiger partial charge on any atom is -0.380 e. The molecule has 90 valence electrons. The highest BCUT2D eigenvalue weighted by atomic mass is 32.2. The fourth-order valence-electron chi connectivity index (χ4n) is 1.65. The Labute approximate surface area is 102 Å². The lowest BCUT2D eigenvalue weighted by Crippen LogP contribution is -2.44. The summed E-state index contributed by atoms with van der Waals surface area (Å²) >= 11 is 4.19. The van der Waals surface area contributed by atoms with Gasteiger partial charge in [-0.2, -0.15) is 23.5 Å². The summed E-state index contributed by atoms with van der Waals surface area (Å²) in [5.41, 5.74) is 0. The molecule has 1 aliphatic heterocycles. The maximum Gasteiger partial charge on any atom is 0.0630 e. The number of rotatable bonds is 7. The van der Waals surface area contributed by atoms with Gasteiger partial charge in [-0.05, 0) is 13.0 Å². The topological polar surface area (TPSA) is 21.3 Å². The van der Waals surface area contributed by atoms with Crippen molar-refractivity contribution < 1.29 is 4.74 Å². The lowest BCUT2D eigenvalue weighted by Gasteiger charge is -2.29. The monoisotopic (exact) mass is 249 g/mol. The van der Waals surface area contributed by atoms with Crippen molar-refractivity contribution in [1.82, 2.24) is 5.32 Å². The molecule has 0 radical (unpaired) electrons. The number of nitrogens with one attached hydrogen (secondary N) is 1. The van der Waals surface area contributed by atoms with Crippen molar-refractivity contribution in [3.8, 4) is 0 Å². The van der Waals surface area contributed by atoms with E-state index in [1.165, 1.54) is 17.3 Å². The molecule has 0 bridgehead atoms. The van der Waals surface area contributed by atoms with Crippen molar-refractivity contribution >= 4 is 23.5 Å². The van der Waals surface area contributed by atoms with E-state index >= 15 is 0 Å². The van der Waals surface area contributed by atoms with Crippen LogP contribution in [0.3, 0.4) is 0 Å². The van der Waals surface area contributed by atoms with Crippen LogP contribution >= 0.6 is 23.5 Å². The zero-order chi connectivity index (χ0) is 10.9. The highest BCUT2D eigenvalue weighted by Gasteiger charge is 2.23. The Balaban J connectivity index is 2.26. The maximum atomic E-state index is 5.67.